The third-order valence-electron chi connectivity index (χ3n) is 5.06. The standard InChI is InChI=1S/C16H20F3N3O2/c17-16(18,19)11-4-1-3-10(9-11)15(24)22-8-2-5-13(22)12-6-7-14(23)21-20-12/h6-7,10-11,13H,1-5,8-9H2,(H,21,23). The summed E-state index contributed by atoms with van der Waals surface area (Å²) in [5.74, 6) is -2.17. The summed E-state index contributed by atoms with van der Waals surface area (Å²) in [6, 6.07) is 2.67. The number of rotatable bonds is 2. The highest BCUT2D eigenvalue weighted by Crippen LogP contribution is 2.42. The fraction of sp³-hybridized carbons (Fsp3) is 0.688. The molecule has 1 aromatic heterocycles. The molecule has 1 N–H and O–H groups in total. The van der Waals surface area contributed by atoms with E-state index in [1.807, 2.05) is 0 Å². The number of aromatic nitrogens is 2. The zero-order valence-corrected chi connectivity index (χ0v) is 13.2. The second-order valence-electron chi connectivity index (χ2n) is 6.64. The van der Waals surface area contributed by atoms with Crippen molar-refractivity contribution in [2.24, 2.45) is 11.8 Å². The van der Waals surface area contributed by atoms with E-state index in [1.165, 1.54) is 6.07 Å². The second-order valence-corrected chi connectivity index (χ2v) is 6.64. The van der Waals surface area contributed by atoms with Gasteiger partial charge in [0.25, 0.3) is 5.56 Å². The van der Waals surface area contributed by atoms with Gasteiger partial charge >= 0.3 is 6.18 Å². The predicted octanol–water partition coefficient (Wildman–Crippen LogP) is 2.80. The number of alkyl halides is 3. The Morgan fingerprint density at radius 2 is 2.00 bits per heavy atom. The first-order chi connectivity index (χ1) is 11.4. The third-order valence-corrected chi connectivity index (χ3v) is 5.06. The molecule has 0 spiro atoms. The van der Waals surface area contributed by atoms with Crippen molar-refractivity contribution in [2.45, 2.75) is 50.7 Å². The molecule has 132 valence electrons. The number of aromatic amines is 1. The van der Waals surface area contributed by atoms with Crippen LogP contribution in [-0.4, -0.2) is 33.7 Å². The van der Waals surface area contributed by atoms with Gasteiger partial charge in [0.1, 0.15) is 0 Å². The molecule has 24 heavy (non-hydrogen) atoms. The van der Waals surface area contributed by atoms with Crippen molar-refractivity contribution in [3.8, 4) is 0 Å². The Bertz CT molecular complexity index is 638. The van der Waals surface area contributed by atoms with Gasteiger partial charge in [0.15, 0.2) is 0 Å². The number of nitrogens with zero attached hydrogens (tertiary/aromatic N) is 2. The fourth-order valence-electron chi connectivity index (χ4n) is 3.82. The Balaban J connectivity index is 1.73. The van der Waals surface area contributed by atoms with Crippen LogP contribution in [-0.2, 0) is 4.79 Å². The minimum Gasteiger partial charge on any atom is -0.334 e. The van der Waals surface area contributed by atoms with E-state index in [1.54, 1.807) is 11.0 Å². The Labute approximate surface area is 137 Å². The molecule has 2 aliphatic rings. The molecule has 8 heteroatoms. The summed E-state index contributed by atoms with van der Waals surface area (Å²) in [6.07, 6.45) is -1.82. The smallest absolute Gasteiger partial charge is 0.334 e. The molecule has 2 heterocycles. The van der Waals surface area contributed by atoms with Crippen LogP contribution in [0.5, 0.6) is 0 Å². The summed E-state index contributed by atoms with van der Waals surface area (Å²) in [5.41, 5.74) is 0.263. The monoisotopic (exact) mass is 343 g/mol. The Kier molecular flexibility index (Phi) is 4.64. The van der Waals surface area contributed by atoms with E-state index in [9.17, 15) is 22.8 Å². The lowest BCUT2D eigenvalue weighted by Gasteiger charge is -2.34. The number of nitrogens with one attached hydrogen (secondary N) is 1. The van der Waals surface area contributed by atoms with Gasteiger partial charge in [0.05, 0.1) is 17.7 Å². The number of likely N-dealkylation sites (tertiary alicyclic amines) is 1. The summed E-state index contributed by atoms with van der Waals surface area (Å²) >= 11 is 0. The van der Waals surface area contributed by atoms with Gasteiger partial charge in [-0.05, 0) is 38.2 Å². The molecule has 1 aliphatic carbocycles. The number of halogens is 3. The largest absolute Gasteiger partial charge is 0.391 e. The van der Waals surface area contributed by atoms with E-state index >= 15 is 0 Å². The molecule has 1 saturated carbocycles. The van der Waals surface area contributed by atoms with Crippen LogP contribution in [0.3, 0.4) is 0 Å². The molecule has 0 bridgehead atoms. The minimum absolute atomic E-state index is 0.109. The van der Waals surface area contributed by atoms with Gasteiger partial charge in [0.2, 0.25) is 5.91 Å². The van der Waals surface area contributed by atoms with Gasteiger partial charge in [-0.2, -0.15) is 18.3 Å². The highest BCUT2D eigenvalue weighted by molar-refractivity contribution is 5.79. The number of carbonyl (C=O) groups is 1. The van der Waals surface area contributed by atoms with Gasteiger partial charge in [-0.1, -0.05) is 6.42 Å². The number of carbonyl (C=O) groups excluding carboxylic acids is 1. The normalized spacial score (nSPS) is 28.1. The first-order valence-corrected chi connectivity index (χ1v) is 8.29. The van der Waals surface area contributed by atoms with Crippen LogP contribution in [0.15, 0.2) is 16.9 Å². The van der Waals surface area contributed by atoms with E-state index in [0.717, 1.165) is 6.42 Å². The van der Waals surface area contributed by atoms with Crippen molar-refractivity contribution in [1.82, 2.24) is 15.1 Å². The molecule has 0 radical (unpaired) electrons. The minimum atomic E-state index is -4.23. The summed E-state index contributed by atoms with van der Waals surface area (Å²) in [4.78, 5) is 25.5. The molecule has 3 unspecified atom stereocenters. The van der Waals surface area contributed by atoms with E-state index in [4.69, 9.17) is 0 Å². The lowest BCUT2D eigenvalue weighted by atomic mass is 9.80. The van der Waals surface area contributed by atoms with Crippen LogP contribution in [0.2, 0.25) is 0 Å². The maximum absolute atomic E-state index is 13.0. The Hall–Kier alpha value is -1.86. The maximum atomic E-state index is 13.0. The average Bonchev–Trinajstić information content (AvgIpc) is 3.04. The second kappa shape index (κ2) is 6.57. The quantitative estimate of drug-likeness (QED) is 0.898. The zero-order valence-electron chi connectivity index (χ0n) is 13.2. The molecule has 1 aliphatic heterocycles. The molecule has 1 aromatic rings. The van der Waals surface area contributed by atoms with E-state index in [0.29, 0.717) is 31.5 Å². The SMILES string of the molecule is O=C(C1CCCC(C(F)(F)F)C1)N1CCCC1c1ccc(=O)[nH]n1. The summed E-state index contributed by atoms with van der Waals surface area (Å²) in [5, 5.41) is 6.33. The van der Waals surface area contributed by atoms with E-state index in [2.05, 4.69) is 10.2 Å². The van der Waals surface area contributed by atoms with E-state index in [-0.39, 0.29) is 30.3 Å². The fourth-order valence-corrected chi connectivity index (χ4v) is 3.82. The number of amides is 1. The van der Waals surface area contributed by atoms with Gasteiger partial charge in [-0.15, -0.1) is 0 Å². The first-order valence-electron chi connectivity index (χ1n) is 8.29. The molecule has 1 amide bonds. The third kappa shape index (κ3) is 3.47. The lowest BCUT2D eigenvalue weighted by Crippen LogP contribution is -2.40. The van der Waals surface area contributed by atoms with Crippen molar-refractivity contribution in [1.29, 1.82) is 0 Å². The Morgan fingerprint density at radius 1 is 1.21 bits per heavy atom. The summed E-state index contributed by atoms with van der Waals surface area (Å²) in [6.45, 7) is 0.525. The predicted molar refractivity (Wildman–Crippen MR) is 80.0 cm³/mol. The van der Waals surface area contributed by atoms with Crippen molar-refractivity contribution in [2.75, 3.05) is 6.54 Å². The highest BCUT2D eigenvalue weighted by atomic mass is 19.4. The average molecular weight is 343 g/mol. The zero-order chi connectivity index (χ0) is 17.3. The molecule has 2 fully saturated rings. The lowest BCUT2D eigenvalue weighted by molar-refractivity contribution is -0.187. The Morgan fingerprint density at radius 3 is 2.67 bits per heavy atom. The van der Waals surface area contributed by atoms with Crippen LogP contribution in [0.4, 0.5) is 13.2 Å². The highest BCUT2D eigenvalue weighted by Gasteiger charge is 2.45. The molecular weight excluding hydrogens is 323 g/mol. The maximum Gasteiger partial charge on any atom is 0.391 e. The van der Waals surface area contributed by atoms with Crippen LogP contribution >= 0.6 is 0 Å². The number of H-pyrrole nitrogens is 1. The van der Waals surface area contributed by atoms with Crippen molar-refractivity contribution < 1.29 is 18.0 Å². The summed E-state index contributed by atoms with van der Waals surface area (Å²) < 4.78 is 38.9. The van der Waals surface area contributed by atoms with Crippen LogP contribution in [0, 0.1) is 11.8 Å². The molecule has 0 aromatic carbocycles. The first kappa shape index (κ1) is 17.0. The van der Waals surface area contributed by atoms with Gasteiger partial charge in [-0.3, -0.25) is 9.59 Å². The molecule has 5 nitrogen and oxygen atoms in total. The van der Waals surface area contributed by atoms with Crippen LogP contribution < -0.4 is 5.56 Å². The van der Waals surface area contributed by atoms with Crippen molar-refractivity contribution in [3.05, 3.63) is 28.2 Å². The van der Waals surface area contributed by atoms with Gasteiger partial charge in [-0.25, -0.2) is 5.10 Å². The van der Waals surface area contributed by atoms with Gasteiger partial charge < -0.3 is 4.90 Å². The van der Waals surface area contributed by atoms with Crippen molar-refractivity contribution in [3.63, 3.8) is 0 Å². The topological polar surface area (TPSA) is 66.1 Å². The molecule has 1 saturated heterocycles. The van der Waals surface area contributed by atoms with Crippen molar-refractivity contribution >= 4 is 5.91 Å². The number of hydrogen-bond donors (Lipinski definition) is 1. The molecule has 3 rings (SSSR count). The van der Waals surface area contributed by atoms with E-state index < -0.39 is 18.0 Å². The molecular formula is C16H20F3N3O2. The van der Waals surface area contributed by atoms with Crippen LogP contribution in [0.25, 0.3) is 0 Å². The number of hydrogen-bond acceptors (Lipinski definition) is 3. The summed E-state index contributed by atoms with van der Waals surface area (Å²) in [7, 11) is 0. The van der Waals surface area contributed by atoms with Crippen LogP contribution in [0.1, 0.15) is 50.3 Å². The van der Waals surface area contributed by atoms with Gasteiger partial charge in [0, 0.05) is 18.5 Å². The molecule has 3 atom stereocenters.